The van der Waals surface area contributed by atoms with Gasteiger partial charge in [-0.2, -0.15) is 0 Å². The molecular formula is C14H25N3. The van der Waals surface area contributed by atoms with Crippen LogP contribution >= 0.6 is 0 Å². The van der Waals surface area contributed by atoms with Crippen LogP contribution in [0.1, 0.15) is 70.3 Å². The molecule has 17 heavy (non-hydrogen) atoms. The first-order valence-corrected chi connectivity index (χ1v) is 6.76. The second-order valence-corrected chi connectivity index (χ2v) is 6.28. The van der Waals surface area contributed by atoms with Gasteiger partial charge in [0.2, 0.25) is 0 Å². The topological polar surface area (TPSA) is 43.8 Å². The van der Waals surface area contributed by atoms with Crippen LogP contribution in [0.15, 0.2) is 0 Å². The van der Waals surface area contributed by atoms with Crippen molar-refractivity contribution in [2.24, 2.45) is 0 Å². The minimum atomic E-state index is 0.0259. The maximum atomic E-state index is 6.20. The van der Waals surface area contributed by atoms with Crippen molar-refractivity contribution >= 4 is 5.82 Å². The van der Waals surface area contributed by atoms with Gasteiger partial charge in [-0.05, 0) is 40.5 Å². The van der Waals surface area contributed by atoms with E-state index in [-0.39, 0.29) is 5.54 Å². The van der Waals surface area contributed by atoms with Gasteiger partial charge in [0.15, 0.2) is 0 Å². The minimum Gasteiger partial charge on any atom is -0.384 e. The molecule has 0 saturated heterocycles. The Hall–Kier alpha value is -0.990. The number of imidazole rings is 1. The molecule has 3 nitrogen and oxygen atoms in total. The van der Waals surface area contributed by atoms with Gasteiger partial charge in [-0.25, -0.2) is 4.98 Å². The smallest absolute Gasteiger partial charge is 0.127 e. The van der Waals surface area contributed by atoms with Crippen molar-refractivity contribution in [2.75, 3.05) is 5.73 Å². The van der Waals surface area contributed by atoms with Gasteiger partial charge in [0.25, 0.3) is 0 Å². The monoisotopic (exact) mass is 235 g/mol. The van der Waals surface area contributed by atoms with E-state index in [1.807, 2.05) is 6.92 Å². The van der Waals surface area contributed by atoms with Crippen molar-refractivity contribution in [1.29, 1.82) is 0 Å². The van der Waals surface area contributed by atoms with Gasteiger partial charge < -0.3 is 10.3 Å². The molecule has 0 amide bonds. The number of rotatable bonds is 1. The second kappa shape index (κ2) is 4.35. The van der Waals surface area contributed by atoms with Crippen LogP contribution in [0.2, 0.25) is 0 Å². The first kappa shape index (κ1) is 12.5. The molecule has 0 unspecified atom stereocenters. The van der Waals surface area contributed by atoms with Crippen LogP contribution in [0, 0.1) is 6.92 Å². The van der Waals surface area contributed by atoms with Crippen LogP contribution in [0.4, 0.5) is 5.82 Å². The molecule has 2 N–H and O–H groups in total. The third-order valence-electron chi connectivity index (χ3n) is 3.76. The van der Waals surface area contributed by atoms with Crippen LogP contribution in [0.3, 0.4) is 0 Å². The Morgan fingerprint density at radius 1 is 1.18 bits per heavy atom. The van der Waals surface area contributed by atoms with Crippen molar-refractivity contribution in [3.63, 3.8) is 0 Å². The summed E-state index contributed by atoms with van der Waals surface area (Å²) in [6, 6.07) is 0. The van der Waals surface area contributed by atoms with E-state index in [1.54, 1.807) is 0 Å². The summed E-state index contributed by atoms with van der Waals surface area (Å²) in [7, 11) is 0. The fraction of sp³-hybridized carbons (Fsp3) is 0.786. The Labute approximate surface area is 104 Å². The number of anilines is 1. The number of hydrogen-bond donors (Lipinski definition) is 1. The average Bonchev–Trinajstić information content (AvgIpc) is 2.56. The van der Waals surface area contributed by atoms with Gasteiger partial charge in [0, 0.05) is 11.5 Å². The average molecular weight is 235 g/mol. The SMILES string of the molecule is Cc1nc(C2CCCCC2)n(C(C)(C)C)c1N. The standard InChI is InChI=1S/C14H25N3/c1-10-12(15)17(14(2,3)4)13(16-10)11-8-6-5-7-9-11/h11H,5-9,15H2,1-4H3. The Kier molecular flexibility index (Phi) is 3.19. The molecule has 0 aliphatic heterocycles. The van der Waals surface area contributed by atoms with Crippen molar-refractivity contribution in [1.82, 2.24) is 9.55 Å². The van der Waals surface area contributed by atoms with Gasteiger partial charge in [0.05, 0.1) is 5.69 Å². The number of nitrogens with zero attached hydrogens (tertiary/aromatic N) is 2. The Balaban J connectivity index is 2.42. The summed E-state index contributed by atoms with van der Waals surface area (Å²) in [6.45, 7) is 8.63. The van der Waals surface area contributed by atoms with Crippen molar-refractivity contribution in [2.45, 2.75) is 71.3 Å². The molecular weight excluding hydrogens is 210 g/mol. The summed E-state index contributed by atoms with van der Waals surface area (Å²) < 4.78 is 2.25. The minimum absolute atomic E-state index is 0.0259. The number of hydrogen-bond acceptors (Lipinski definition) is 2. The van der Waals surface area contributed by atoms with Crippen LogP contribution in [-0.2, 0) is 5.54 Å². The second-order valence-electron chi connectivity index (χ2n) is 6.28. The van der Waals surface area contributed by atoms with Gasteiger partial charge in [0.1, 0.15) is 11.6 Å². The lowest BCUT2D eigenvalue weighted by Crippen LogP contribution is -2.27. The maximum Gasteiger partial charge on any atom is 0.127 e. The Morgan fingerprint density at radius 2 is 1.76 bits per heavy atom. The molecule has 1 aromatic heterocycles. The molecule has 1 aliphatic carbocycles. The third kappa shape index (κ3) is 2.33. The zero-order valence-corrected chi connectivity index (χ0v) is 11.6. The Bertz CT molecular complexity index is 392. The molecule has 1 aliphatic rings. The first-order valence-electron chi connectivity index (χ1n) is 6.76. The van der Waals surface area contributed by atoms with E-state index in [0.29, 0.717) is 5.92 Å². The highest BCUT2D eigenvalue weighted by molar-refractivity contribution is 5.39. The molecule has 0 atom stereocenters. The molecule has 2 rings (SSSR count). The summed E-state index contributed by atoms with van der Waals surface area (Å²) >= 11 is 0. The Morgan fingerprint density at radius 3 is 2.29 bits per heavy atom. The first-order chi connectivity index (χ1) is 7.91. The summed E-state index contributed by atoms with van der Waals surface area (Å²) in [4.78, 5) is 4.74. The molecule has 0 radical (unpaired) electrons. The molecule has 0 aromatic carbocycles. The van der Waals surface area contributed by atoms with Gasteiger partial charge in [-0.3, -0.25) is 0 Å². The lowest BCUT2D eigenvalue weighted by molar-refractivity contribution is 0.349. The zero-order valence-electron chi connectivity index (χ0n) is 11.6. The van der Waals surface area contributed by atoms with Crippen LogP contribution in [0.25, 0.3) is 0 Å². The number of nitrogen functional groups attached to an aromatic ring is 1. The molecule has 0 bridgehead atoms. The van der Waals surface area contributed by atoms with E-state index in [9.17, 15) is 0 Å². The fourth-order valence-electron chi connectivity index (χ4n) is 2.90. The molecule has 1 heterocycles. The normalized spacial score (nSPS) is 18.6. The summed E-state index contributed by atoms with van der Waals surface area (Å²) in [6.07, 6.45) is 6.58. The van der Waals surface area contributed by atoms with Crippen molar-refractivity contribution < 1.29 is 0 Å². The van der Waals surface area contributed by atoms with E-state index in [4.69, 9.17) is 10.7 Å². The van der Waals surface area contributed by atoms with Crippen molar-refractivity contribution in [3.8, 4) is 0 Å². The number of nitrogens with two attached hydrogens (primary N) is 1. The highest BCUT2D eigenvalue weighted by atomic mass is 15.2. The summed E-state index contributed by atoms with van der Waals surface area (Å²) in [5.74, 6) is 2.67. The fourth-order valence-corrected chi connectivity index (χ4v) is 2.90. The predicted octanol–water partition coefficient (Wildman–Crippen LogP) is 3.58. The van der Waals surface area contributed by atoms with Gasteiger partial charge in [-0.15, -0.1) is 0 Å². The highest BCUT2D eigenvalue weighted by Gasteiger charge is 2.28. The molecule has 0 spiro atoms. The van der Waals surface area contributed by atoms with E-state index >= 15 is 0 Å². The third-order valence-corrected chi connectivity index (χ3v) is 3.76. The predicted molar refractivity (Wildman–Crippen MR) is 72.2 cm³/mol. The van der Waals surface area contributed by atoms with Crippen LogP contribution in [0.5, 0.6) is 0 Å². The largest absolute Gasteiger partial charge is 0.384 e. The van der Waals surface area contributed by atoms with E-state index in [0.717, 1.165) is 11.5 Å². The summed E-state index contributed by atoms with van der Waals surface area (Å²) in [5, 5.41) is 0. The molecule has 96 valence electrons. The lowest BCUT2D eigenvalue weighted by Gasteiger charge is -2.29. The molecule has 1 aromatic rings. The van der Waals surface area contributed by atoms with Crippen LogP contribution < -0.4 is 5.73 Å². The summed E-state index contributed by atoms with van der Waals surface area (Å²) in [5.41, 5.74) is 7.21. The maximum absolute atomic E-state index is 6.20. The quantitative estimate of drug-likeness (QED) is 0.808. The van der Waals surface area contributed by atoms with Gasteiger partial charge in [-0.1, -0.05) is 19.3 Å². The zero-order chi connectivity index (χ0) is 12.6. The molecule has 1 fully saturated rings. The van der Waals surface area contributed by atoms with Gasteiger partial charge >= 0.3 is 0 Å². The van der Waals surface area contributed by atoms with Crippen LogP contribution in [-0.4, -0.2) is 9.55 Å². The number of aromatic nitrogens is 2. The van der Waals surface area contributed by atoms with E-state index < -0.39 is 0 Å². The van der Waals surface area contributed by atoms with E-state index in [2.05, 4.69) is 25.3 Å². The molecule has 1 saturated carbocycles. The van der Waals surface area contributed by atoms with E-state index in [1.165, 1.54) is 37.9 Å². The highest BCUT2D eigenvalue weighted by Crippen LogP contribution is 2.36. The van der Waals surface area contributed by atoms with Crippen molar-refractivity contribution in [3.05, 3.63) is 11.5 Å². The number of aryl methyl sites for hydroxylation is 1. The molecule has 3 heteroatoms. The lowest BCUT2D eigenvalue weighted by atomic mass is 9.88.